The molecule has 0 bridgehead atoms. The van der Waals surface area contributed by atoms with Gasteiger partial charge >= 0.3 is 0 Å². The van der Waals surface area contributed by atoms with E-state index in [1.54, 1.807) is 6.26 Å². The van der Waals surface area contributed by atoms with Gasteiger partial charge in [0.25, 0.3) is 0 Å². The van der Waals surface area contributed by atoms with Crippen molar-refractivity contribution in [3.8, 4) is 11.6 Å². The van der Waals surface area contributed by atoms with Crippen LogP contribution in [0.4, 0.5) is 5.69 Å². The number of carbonyl (C=O) groups excluding carboxylic acids is 1. The lowest BCUT2D eigenvalue weighted by molar-refractivity contribution is -0.128. The molecule has 0 fully saturated rings. The second-order valence-corrected chi connectivity index (χ2v) is 9.06. The summed E-state index contributed by atoms with van der Waals surface area (Å²) in [5.74, 6) is 1.66. The largest absolute Gasteiger partial charge is 0.461 e. The number of hydrogen-bond donors (Lipinski definition) is 0. The molecule has 4 rings (SSSR count). The van der Waals surface area contributed by atoms with Crippen molar-refractivity contribution in [3.05, 3.63) is 84.1 Å². The summed E-state index contributed by atoms with van der Waals surface area (Å²) in [7, 11) is 4.03. The number of carbonyl (C=O) groups is 1. The van der Waals surface area contributed by atoms with Crippen LogP contribution >= 0.6 is 11.8 Å². The predicted molar refractivity (Wildman–Crippen MR) is 136 cm³/mol. The van der Waals surface area contributed by atoms with E-state index in [0.29, 0.717) is 36.4 Å². The summed E-state index contributed by atoms with van der Waals surface area (Å²) < 4.78 is 7.57. The number of thioether (sulfide) groups is 1. The van der Waals surface area contributed by atoms with E-state index in [2.05, 4.69) is 51.5 Å². The fraction of sp³-hybridized carbons (Fsp3) is 0.269. The molecule has 7 nitrogen and oxygen atoms in total. The van der Waals surface area contributed by atoms with Crippen molar-refractivity contribution in [2.24, 2.45) is 0 Å². The van der Waals surface area contributed by atoms with Crippen LogP contribution in [-0.2, 0) is 17.9 Å². The predicted octanol–water partition coefficient (Wildman–Crippen LogP) is 4.79. The van der Waals surface area contributed by atoms with Crippen LogP contribution in [-0.4, -0.2) is 52.0 Å². The monoisotopic (exact) mass is 475 g/mol. The van der Waals surface area contributed by atoms with E-state index in [1.165, 1.54) is 11.8 Å². The fourth-order valence-electron chi connectivity index (χ4n) is 3.61. The molecule has 4 aromatic rings. The molecular formula is C26H29N5O2S. The van der Waals surface area contributed by atoms with Crippen molar-refractivity contribution in [2.45, 2.75) is 25.2 Å². The van der Waals surface area contributed by atoms with Gasteiger partial charge in [0, 0.05) is 32.9 Å². The van der Waals surface area contributed by atoms with Crippen molar-refractivity contribution < 1.29 is 9.21 Å². The molecule has 0 saturated carbocycles. The van der Waals surface area contributed by atoms with E-state index in [9.17, 15) is 4.79 Å². The van der Waals surface area contributed by atoms with Crippen molar-refractivity contribution in [3.63, 3.8) is 0 Å². The smallest absolute Gasteiger partial charge is 0.233 e. The average Bonchev–Trinajstić information content (AvgIpc) is 3.52. The number of hydrogen-bond acceptors (Lipinski definition) is 6. The molecule has 1 amide bonds. The zero-order chi connectivity index (χ0) is 23.9. The molecule has 0 N–H and O–H groups in total. The summed E-state index contributed by atoms with van der Waals surface area (Å²) in [6.45, 7) is 3.82. The fourth-order valence-corrected chi connectivity index (χ4v) is 4.45. The first kappa shape index (κ1) is 23.6. The minimum Gasteiger partial charge on any atom is -0.461 e. The maximum Gasteiger partial charge on any atom is 0.233 e. The molecule has 0 atom stereocenters. The molecular weight excluding hydrogens is 446 g/mol. The molecule has 0 aliphatic rings. The summed E-state index contributed by atoms with van der Waals surface area (Å²) in [5.41, 5.74) is 3.37. The van der Waals surface area contributed by atoms with Crippen LogP contribution in [0.5, 0.6) is 0 Å². The van der Waals surface area contributed by atoms with Crippen LogP contribution in [0.2, 0.25) is 0 Å². The van der Waals surface area contributed by atoms with E-state index in [-0.39, 0.29) is 11.7 Å². The van der Waals surface area contributed by atoms with Gasteiger partial charge in [-0.3, -0.25) is 9.36 Å². The SMILES string of the molecule is CCN(Cc1ccc(N(C)C)cc1)C(=O)CSc1nnc(-c2ccco2)n1Cc1ccccc1. The topological polar surface area (TPSA) is 67.4 Å². The maximum absolute atomic E-state index is 13.1. The van der Waals surface area contributed by atoms with Crippen molar-refractivity contribution in [2.75, 3.05) is 31.3 Å². The summed E-state index contributed by atoms with van der Waals surface area (Å²) in [5, 5.41) is 9.42. The Morgan fingerprint density at radius 3 is 2.38 bits per heavy atom. The van der Waals surface area contributed by atoms with Gasteiger partial charge in [-0.25, -0.2) is 0 Å². The van der Waals surface area contributed by atoms with Gasteiger partial charge in [0.2, 0.25) is 11.7 Å². The quantitative estimate of drug-likeness (QED) is 0.307. The van der Waals surface area contributed by atoms with Gasteiger partial charge < -0.3 is 14.2 Å². The highest BCUT2D eigenvalue weighted by Gasteiger charge is 2.19. The van der Waals surface area contributed by atoms with Crippen LogP contribution in [0, 0.1) is 0 Å². The number of aromatic nitrogens is 3. The molecule has 0 saturated heterocycles. The first-order valence-corrected chi connectivity index (χ1v) is 12.2. The van der Waals surface area contributed by atoms with Crippen LogP contribution in [0.25, 0.3) is 11.6 Å². The molecule has 0 radical (unpaired) electrons. The molecule has 2 heterocycles. The third-order valence-corrected chi connectivity index (χ3v) is 6.48. The number of amides is 1. The molecule has 176 valence electrons. The Bertz CT molecular complexity index is 1190. The highest BCUT2D eigenvalue weighted by atomic mass is 32.2. The molecule has 0 unspecified atom stereocenters. The number of rotatable bonds is 10. The van der Waals surface area contributed by atoms with E-state index in [1.807, 2.05) is 60.8 Å². The highest BCUT2D eigenvalue weighted by Crippen LogP contribution is 2.26. The zero-order valence-corrected chi connectivity index (χ0v) is 20.5. The standard InChI is InChI=1S/C26H29N5O2S/c1-4-30(17-21-12-14-22(15-13-21)29(2)3)24(32)19-34-26-28-27-25(23-11-8-16-33-23)31(26)18-20-9-6-5-7-10-20/h5-16H,4,17-19H2,1-3H3. The van der Waals surface area contributed by atoms with Gasteiger partial charge in [-0.1, -0.05) is 54.2 Å². The molecule has 8 heteroatoms. The minimum atomic E-state index is 0.0676. The Labute approximate surface area is 204 Å². The second kappa shape index (κ2) is 11.1. The van der Waals surface area contributed by atoms with Crippen LogP contribution in [0.1, 0.15) is 18.1 Å². The Balaban J connectivity index is 1.46. The number of nitrogens with zero attached hydrogens (tertiary/aromatic N) is 5. The Hall–Kier alpha value is -3.52. The first-order chi connectivity index (χ1) is 16.5. The second-order valence-electron chi connectivity index (χ2n) is 8.11. The van der Waals surface area contributed by atoms with Gasteiger partial charge in [-0.15, -0.1) is 10.2 Å². The van der Waals surface area contributed by atoms with Gasteiger partial charge in [0.05, 0.1) is 18.6 Å². The molecule has 0 spiro atoms. The van der Waals surface area contributed by atoms with Gasteiger partial charge in [0.1, 0.15) is 0 Å². The van der Waals surface area contributed by atoms with Crippen LogP contribution < -0.4 is 4.90 Å². The van der Waals surface area contributed by atoms with Crippen molar-refractivity contribution in [1.29, 1.82) is 0 Å². The Morgan fingerprint density at radius 2 is 1.74 bits per heavy atom. The molecule has 34 heavy (non-hydrogen) atoms. The van der Waals surface area contributed by atoms with E-state index in [0.717, 1.165) is 16.8 Å². The minimum absolute atomic E-state index is 0.0676. The van der Waals surface area contributed by atoms with Gasteiger partial charge in [-0.05, 0) is 42.3 Å². The highest BCUT2D eigenvalue weighted by molar-refractivity contribution is 7.99. The van der Waals surface area contributed by atoms with Gasteiger partial charge in [-0.2, -0.15) is 0 Å². The number of anilines is 1. The molecule has 0 aliphatic carbocycles. The summed E-state index contributed by atoms with van der Waals surface area (Å²) in [4.78, 5) is 17.0. The number of furan rings is 1. The van der Waals surface area contributed by atoms with Gasteiger partial charge in [0.15, 0.2) is 10.9 Å². The van der Waals surface area contributed by atoms with Crippen LogP contribution in [0.3, 0.4) is 0 Å². The normalized spacial score (nSPS) is 10.9. The lowest BCUT2D eigenvalue weighted by Crippen LogP contribution is -2.31. The van der Waals surface area contributed by atoms with Crippen LogP contribution in [0.15, 0.2) is 82.6 Å². The number of benzene rings is 2. The average molecular weight is 476 g/mol. The Morgan fingerprint density at radius 1 is 0.971 bits per heavy atom. The molecule has 2 aromatic heterocycles. The lowest BCUT2D eigenvalue weighted by Gasteiger charge is -2.21. The van der Waals surface area contributed by atoms with Crippen molar-refractivity contribution in [1.82, 2.24) is 19.7 Å². The Kier molecular flexibility index (Phi) is 7.69. The summed E-state index contributed by atoms with van der Waals surface area (Å²) >= 11 is 1.40. The summed E-state index contributed by atoms with van der Waals surface area (Å²) in [6.07, 6.45) is 1.62. The summed E-state index contributed by atoms with van der Waals surface area (Å²) in [6, 6.07) is 22.1. The first-order valence-electron chi connectivity index (χ1n) is 11.2. The third-order valence-electron chi connectivity index (χ3n) is 5.53. The van der Waals surface area contributed by atoms with E-state index < -0.39 is 0 Å². The lowest BCUT2D eigenvalue weighted by atomic mass is 10.2. The zero-order valence-electron chi connectivity index (χ0n) is 19.7. The van der Waals surface area contributed by atoms with E-state index in [4.69, 9.17) is 4.42 Å². The molecule has 2 aromatic carbocycles. The molecule has 0 aliphatic heterocycles. The van der Waals surface area contributed by atoms with E-state index >= 15 is 0 Å². The maximum atomic E-state index is 13.1. The van der Waals surface area contributed by atoms with Crippen molar-refractivity contribution >= 4 is 23.4 Å². The third kappa shape index (κ3) is 5.69.